The summed E-state index contributed by atoms with van der Waals surface area (Å²) in [5.41, 5.74) is 27.2. The van der Waals surface area contributed by atoms with E-state index in [1.165, 1.54) is 11.9 Å². The number of carbonyl (C=O) groups is 2. The van der Waals surface area contributed by atoms with Gasteiger partial charge in [-0.15, -0.1) is 11.6 Å². The van der Waals surface area contributed by atoms with Gasteiger partial charge in [0.1, 0.15) is 48.2 Å². The zero-order chi connectivity index (χ0) is 47.8. The number of nitrogens with zero attached hydrogens (tertiary/aromatic N) is 3. The average molecular weight is 920 g/mol. The number of primary amides is 1. The summed E-state index contributed by atoms with van der Waals surface area (Å²) in [4.78, 5) is 34.6. The number of aryl methyl sites for hydroxylation is 2. The molecule has 23 heteroatoms. The topological polar surface area (TPSA) is 405 Å². The molecule has 0 aromatic heterocycles. The van der Waals surface area contributed by atoms with Crippen molar-refractivity contribution in [1.82, 2.24) is 20.9 Å². The first-order valence-corrected chi connectivity index (χ1v) is 21.1. The van der Waals surface area contributed by atoms with Crippen LogP contribution in [0.25, 0.3) is 6.08 Å². The van der Waals surface area contributed by atoms with E-state index in [4.69, 9.17) is 44.7 Å². The summed E-state index contributed by atoms with van der Waals surface area (Å²) >= 11 is 5.62. The van der Waals surface area contributed by atoms with Crippen molar-refractivity contribution in [2.24, 2.45) is 32.9 Å². The molecule has 0 heterocycles. The van der Waals surface area contributed by atoms with Gasteiger partial charge in [-0.05, 0) is 87.7 Å². The molecule has 9 atom stereocenters. The van der Waals surface area contributed by atoms with Crippen molar-refractivity contribution >= 4 is 41.3 Å². The second kappa shape index (κ2) is 30.2. The largest absolute Gasteiger partial charge is 0.394 e. The van der Waals surface area contributed by atoms with Crippen molar-refractivity contribution in [2.75, 3.05) is 58.9 Å². The number of hydrogen-bond donors (Lipinski definition) is 17. The molecule has 1 aromatic carbocycles. The Morgan fingerprint density at radius 2 is 1.38 bits per heavy atom. The van der Waals surface area contributed by atoms with Crippen LogP contribution in [0.1, 0.15) is 54.9 Å². The van der Waals surface area contributed by atoms with Gasteiger partial charge in [0.25, 0.3) is 5.91 Å². The number of hydrogen-bond acceptors (Lipinski definition) is 18. The molecule has 2 amide bonds. The maximum atomic E-state index is 12.6. The molecular weight excluding hydrogens is 848 g/mol. The molecule has 0 saturated carbocycles. The summed E-state index contributed by atoms with van der Waals surface area (Å²) < 4.78 is 0. The Balaban J connectivity index is 2.93. The zero-order valence-corrected chi connectivity index (χ0v) is 37.0. The number of allylic oxidation sites excluding steroid dienone is 1. The summed E-state index contributed by atoms with van der Waals surface area (Å²) in [6.45, 7) is 1.94. The van der Waals surface area contributed by atoms with Crippen LogP contribution in [0.3, 0.4) is 0 Å². The van der Waals surface area contributed by atoms with Gasteiger partial charge in [-0.1, -0.05) is 24.3 Å². The van der Waals surface area contributed by atoms with Gasteiger partial charge in [0, 0.05) is 26.7 Å². The van der Waals surface area contributed by atoms with Crippen LogP contribution in [0.2, 0.25) is 0 Å². The molecule has 21 N–H and O–H groups in total. The third kappa shape index (κ3) is 19.7. The molecule has 5 unspecified atom stereocenters. The smallest absolute Gasteiger partial charge is 0.277 e. The molecule has 0 spiro atoms. The summed E-state index contributed by atoms with van der Waals surface area (Å²) in [5, 5.41) is 108. The molecule has 63 heavy (non-hydrogen) atoms. The molecule has 0 radical (unpaired) electrons. The third-order valence-corrected chi connectivity index (χ3v) is 10.5. The van der Waals surface area contributed by atoms with Crippen molar-refractivity contribution in [2.45, 2.75) is 107 Å². The van der Waals surface area contributed by atoms with E-state index in [0.29, 0.717) is 25.8 Å². The van der Waals surface area contributed by atoms with Crippen molar-refractivity contribution in [3.8, 4) is 0 Å². The molecule has 0 aliphatic rings. The molecule has 0 aliphatic heterocycles. The van der Waals surface area contributed by atoms with Crippen LogP contribution in [-0.4, -0.2) is 193 Å². The Hall–Kier alpha value is -4.01. The number of likely N-dealkylation sites (N-methyl/N-ethyl adjacent to an activating group) is 1. The SMILES string of the molecule is C/C=C\c1c(CCCCN=C(N)NC(=O)/C(NC)=C(\N)N=C(N)CCl)ccc(CC[C@@H](NCCCN(CC(O)C(O)C(O)[C@H](O)CO)C[C@H](O)C(O)[C@H](O)C(O)CO)C(N)=O)c1C. The lowest BCUT2D eigenvalue weighted by atomic mass is 9.91. The predicted molar refractivity (Wildman–Crippen MR) is 239 cm³/mol. The van der Waals surface area contributed by atoms with E-state index in [1.54, 1.807) is 0 Å². The monoisotopic (exact) mass is 918 g/mol. The van der Waals surface area contributed by atoms with Crippen LogP contribution in [0.4, 0.5) is 0 Å². The van der Waals surface area contributed by atoms with Gasteiger partial charge in [-0.3, -0.25) is 24.8 Å². The number of amides is 2. The zero-order valence-electron chi connectivity index (χ0n) is 36.2. The van der Waals surface area contributed by atoms with Crippen LogP contribution < -0.4 is 38.9 Å². The van der Waals surface area contributed by atoms with E-state index in [1.807, 2.05) is 38.1 Å². The number of aliphatic hydroxyl groups excluding tert-OH is 10. The Kier molecular flexibility index (Phi) is 27.3. The number of nitrogens with two attached hydrogens (primary N) is 4. The number of aliphatic hydroxyl groups is 10. The van der Waals surface area contributed by atoms with Gasteiger partial charge < -0.3 is 84.6 Å². The number of benzene rings is 1. The summed E-state index contributed by atoms with van der Waals surface area (Å²) in [6.07, 6.45) is -7.33. The van der Waals surface area contributed by atoms with Crippen LogP contribution in [-0.2, 0) is 22.4 Å². The van der Waals surface area contributed by atoms with Crippen LogP contribution >= 0.6 is 11.6 Å². The van der Waals surface area contributed by atoms with Gasteiger partial charge in [-0.25, -0.2) is 4.99 Å². The lowest BCUT2D eigenvalue weighted by Gasteiger charge is -2.33. The van der Waals surface area contributed by atoms with Crippen LogP contribution in [0.15, 0.2) is 39.7 Å². The van der Waals surface area contributed by atoms with Gasteiger partial charge in [-0.2, -0.15) is 0 Å². The van der Waals surface area contributed by atoms with E-state index in [9.17, 15) is 50.4 Å². The van der Waals surface area contributed by atoms with Crippen LogP contribution in [0.5, 0.6) is 0 Å². The molecule has 0 bridgehead atoms. The number of aliphatic imine (C=N–C) groups is 2. The summed E-state index contributed by atoms with van der Waals surface area (Å²) in [6, 6.07) is 3.30. The number of rotatable bonds is 31. The van der Waals surface area contributed by atoms with E-state index in [0.717, 1.165) is 35.1 Å². The van der Waals surface area contributed by atoms with E-state index < -0.39 is 93.0 Å². The summed E-state index contributed by atoms with van der Waals surface area (Å²) in [7, 11) is 1.49. The Morgan fingerprint density at radius 3 is 1.89 bits per heavy atom. The molecule has 22 nitrogen and oxygen atoms in total. The Bertz CT molecular complexity index is 1640. The van der Waals surface area contributed by atoms with Crippen molar-refractivity contribution < 1.29 is 60.7 Å². The average Bonchev–Trinajstić information content (AvgIpc) is 3.25. The number of carbonyl (C=O) groups excluding carboxylic acids is 2. The highest BCUT2D eigenvalue weighted by molar-refractivity contribution is 6.28. The highest BCUT2D eigenvalue weighted by atomic mass is 35.5. The number of unbranched alkanes of at least 4 members (excludes halogenated alkanes) is 1. The maximum absolute atomic E-state index is 12.6. The first kappa shape index (κ1) is 57.0. The number of alkyl halides is 1. The maximum Gasteiger partial charge on any atom is 0.277 e. The Morgan fingerprint density at radius 1 is 0.825 bits per heavy atom. The molecule has 0 fully saturated rings. The second-order valence-electron chi connectivity index (χ2n) is 15.0. The van der Waals surface area contributed by atoms with Crippen LogP contribution in [0, 0.1) is 6.92 Å². The fourth-order valence-corrected chi connectivity index (χ4v) is 6.57. The summed E-state index contributed by atoms with van der Waals surface area (Å²) in [5.74, 6) is -1.52. The van der Waals surface area contributed by atoms with E-state index >= 15 is 0 Å². The van der Waals surface area contributed by atoms with E-state index in [2.05, 4.69) is 25.9 Å². The first-order valence-electron chi connectivity index (χ1n) is 20.6. The number of halogens is 1. The molecular formula is C40H71ClN10O12. The van der Waals surface area contributed by atoms with Crippen molar-refractivity contribution in [3.63, 3.8) is 0 Å². The molecule has 1 aromatic rings. The number of nitrogens with one attached hydrogen (secondary N) is 3. The fraction of sp³-hybridized carbons (Fsp3) is 0.650. The minimum atomic E-state index is -1.92. The fourth-order valence-electron chi connectivity index (χ4n) is 6.51. The minimum absolute atomic E-state index is 0.0364. The van der Waals surface area contributed by atoms with E-state index in [-0.39, 0.29) is 48.7 Å². The molecule has 0 saturated heterocycles. The lowest BCUT2D eigenvalue weighted by Crippen LogP contribution is -2.53. The second-order valence-corrected chi connectivity index (χ2v) is 15.3. The van der Waals surface area contributed by atoms with Crippen molar-refractivity contribution in [1.29, 1.82) is 0 Å². The first-order chi connectivity index (χ1) is 29.8. The predicted octanol–water partition coefficient (Wildman–Crippen LogP) is -5.34. The van der Waals surface area contributed by atoms with Crippen molar-refractivity contribution in [3.05, 3.63) is 52.0 Å². The number of amidine groups is 1. The Labute approximate surface area is 373 Å². The van der Waals surface area contributed by atoms with Gasteiger partial charge in [0.05, 0.1) is 37.3 Å². The minimum Gasteiger partial charge on any atom is -0.394 e. The van der Waals surface area contributed by atoms with Gasteiger partial charge in [0.2, 0.25) is 5.91 Å². The molecule has 0 aliphatic carbocycles. The normalized spacial score (nSPS) is 17.4. The standard InChI is InChI=1S/C40H71ClN10O12/c1-4-8-25-22(2)23(10-11-24(25)9-5-6-14-48-40(45)50-39(63)32(46-3)37(43)49-31(42)17-41)12-13-26(38(44)62)47-15-7-16-51(18-27(54)33(58)35(60)29(56)20-52)19-28(55)34(59)36(61)30(57)21-53/h4,8,10-11,26-30,33-36,46-47,52-61H,5-7,9,12-21,43H2,1-3H3,(H2,42,49)(H2,44,62)(H3,45,48,50,63)/b8-4-,37-32-/t26-,27+,28?,29?,30-,33?,34?,35-,36?/m1/s1. The number of guanidine groups is 1. The molecule has 360 valence electrons. The lowest BCUT2D eigenvalue weighted by molar-refractivity contribution is -0.130. The highest BCUT2D eigenvalue weighted by Crippen LogP contribution is 2.24. The highest BCUT2D eigenvalue weighted by Gasteiger charge is 2.34. The third-order valence-electron chi connectivity index (χ3n) is 10.2. The van der Waals surface area contributed by atoms with Gasteiger partial charge in [0.15, 0.2) is 11.8 Å². The quantitative estimate of drug-likeness (QED) is 0.0109. The van der Waals surface area contributed by atoms with Gasteiger partial charge >= 0.3 is 0 Å². The molecule has 1 rings (SSSR count).